The number of hydrogen-bond acceptors (Lipinski definition) is 3. The molecule has 0 unspecified atom stereocenters. The number of hydrogen-bond donors (Lipinski definition) is 0. The van der Waals surface area contributed by atoms with Crippen molar-refractivity contribution in [1.82, 2.24) is 0 Å². The van der Waals surface area contributed by atoms with E-state index in [4.69, 9.17) is 0 Å². The zero-order valence-corrected chi connectivity index (χ0v) is 14.8. The molecule has 0 bridgehead atoms. The van der Waals surface area contributed by atoms with E-state index in [2.05, 4.69) is 0 Å². The fourth-order valence-corrected chi connectivity index (χ4v) is 4.37. The molecule has 0 aromatic heterocycles. The second-order valence-electron chi connectivity index (χ2n) is 6.08. The fourth-order valence-electron chi connectivity index (χ4n) is 3.21. The maximum atomic E-state index is 13.6. The molecule has 0 radical (unpaired) electrons. The van der Waals surface area contributed by atoms with E-state index in [1.807, 2.05) is 24.3 Å². The Morgan fingerprint density at radius 1 is 1.20 bits per heavy atom. The molecule has 0 spiro atoms. The van der Waals surface area contributed by atoms with E-state index in [1.165, 1.54) is 25.1 Å². The third-order valence-corrected chi connectivity index (χ3v) is 5.52. The molecule has 1 heterocycles. The quantitative estimate of drug-likeness (QED) is 0.840. The zero-order chi connectivity index (χ0) is 18.2. The van der Waals surface area contributed by atoms with Crippen LogP contribution in [-0.4, -0.2) is 33.2 Å². The molecular formula is C18H19FN2O3S. The van der Waals surface area contributed by atoms with Crippen LogP contribution in [0.25, 0.3) is 0 Å². The van der Waals surface area contributed by atoms with Crippen LogP contribution in [0.15, 0.2) is 48.5 Å². The fraction of sp³-hybridized carbons (Fsp3) is 0.278. The molecule has 0 N–H and O–H groups in total. The van der Waals surface area contributed by atoms with Crippen molar-refractivity contribution in [3.63, 3.8) is 0 Å². The summed E-state index contributed by atoms with van der Waals surface area (Å²) < 4.78 is 39.1. The lowest BCUT2D eigenvalue weighted by molar-refractivity contribution is -0.119. The number of nitrogens with zero attached hydrogens (tertiary/aromatic N) is 2. The second kappa shape index (κ2) is 6.48. The SMILES string of the molecule is C[C@@H](C(=O)N1CCc2ccccc21)N(c1cccc(F)c1)S(C)(=O)=O. The summed E-state index contributed by atoms with van der Waals surface area (Å²) in [5.74, 6) is -0.892. The Morgan fingerprint density at radius 2 is 1.92 bits per heavy atom. The predicted octanol–water partition coefficient (Wildman–Crippen LogP) is 2.57. The predicted molar refractivity (Wildman–Crippen MR) is 95.7 cm³/mol. The Balaban J connectivity index is 1.96. The van der Waals surface area contributed by atoms with Gasteiger partial charge >= 0.3 is 0 Å². The first kappa shape index (κ1) is 17.4. The summed E-state index contributed by atoms with van der Waals surface area (Å²) >= 11 is 0. The number of benzene rings is 2. The van der Waals surface area contributed by atoms with Crippen molar-refractivity contribution in [2.45, 2.75) is 19.4 Å². The van der Waals surface area contributed by atoms with Crippen LogP contribution in [0.1, 0.15) is 12.5 Å². The lowest BCUT2D eigenvalue weighted by Crippen LogP contribution is -2.49. The summed E-state index contributed by atoms with van der Waals surface area (Å²) in [4.78, 5) is 14.6. The molecule has 2 aromatic carbocycles. The molecule has 2 aromatic rings. The van der Waals surface area contributed by atoms with Crippen molar-refractivity contribution >= 4 is 27.3 Å². The molecule has 7 heteroatoms. The lowest BCUT2D eigenvalue weighted by atomic mass is 10.2. The van der Waals surface area contributed by atoms with Gasteiger partial charge in [0, 0.05) is 12.2 Å². The van der Waals surface area contributed by atoms with Gasteiger partial charge in [-0.3, -0.25) is 9.10 Å². The van der Waals surface area contributed by atoms with E-state index in [0.717, 1.165) is 34.3 Å². The molecule has 0 saturated heterocycles. The molecular weight excluding hydrogens is 343 g/mol. The molecule has 25 heavy (non-hydrogen) atoms. The summed E-state index contributed by atoms with van der Waals surface area (Å²) in [5, 5.41) is 0. The Labute approximate surface area is 146 Å². The summed E-state index contributed by atoms with van der Waals surface area (Å²) in [6, 6.07) is 11.8. The first-order chi connectivity index (χ1) is 11.8. The average molecular weight is 362 g/mol. The van der Waals surface area contributed by atoms with Crippen molar-refractivity contribution in [1.29, 1.82) is 0 Å². The van der Waals surface area contributed by atoms with Gasteiger partial charge in [-0.2, -0.15) is 0 Å². The van der Waals surface area contributed by atoms with Crippen LogP contribution in [0.3, 0.4) is 0 Å². The number of halogens is 1. The number of sulfonamides is 1. The molecule has 5 nitrogen and oxygen atoms in total. The lowest BCUT2D eigenvalue weighted by Gasteiger charge is -2.31. The van der Waals surface area contributed by atoms with Gasteiger partial charge in [0.1, 0.15) is 11.9 Å². The maximum Gasteiger partial charge on any atom is 0.250 e. The van der Waals surface area contributed by atoms with Gasteiger partial charge in [-0.15, -0.1) is 0 Å². The molecule has 0 saturated carbocycles. The highest BCUT2D eigenvalue weighted by atomic mass is 32.2. The van der Waals surface area contributed by atoms with Gasteiger partial charge in [-0.05, 0) is 43.2 Å². The van der Waals surface area contributed by atoms with Gasteiger partial charge < -0.3 is 4.90 Å². The largest absolute Gasteiger partial charge is 0.310 e. The van der Waals surface area contributed by atoms with Crippen molar-refractivity contribution in [3.8, 4) is 0 Å². The Hall–Kier alpha value is -2.41. The van der Waals surface area contributed by atoms with Crippen LogP contribution < -0.4 is 9.21 Å². The van der Waals surface area contributed by atoms with Gasteiger partial charge in [-0.1, -0.05) is 24.3 Å². The molecule has 1 amide bonds. The summed E-state index contributed by atoms with van der Waals surface area (Å²) in [7, 11) is -3.77. The highest BCUT2D eigenvalue weighted by molar-refractivity contribution is 7.92. The molecule has 1 aliphatic heterocycles. The van der Waals surface area contributed by atoms with E-state index in [0.29, 0.717) is 6.54 Å². The number of rotatable bonds is 4. The molecule has 1 aliphatic rings. The van der Waals surface area contributed by atoms with Crippen LogP contribution in [0.2, 0.25) is 0 Å². The molecule has 3 rings (SSSR count). The number of carbonyl (C=O) groups is 1. The monoisotopic (exact) mass is 362 g/mol. The van der Waals surface area contributed by atoms with E-state index < -0.39 is 21.9 Å². The zero-order valence-electron chi connectivity index (χ0n) is 14.0. The Kier molecular flexibility index (Phi) is 4.51. The van der Waals surface area contributed by atoms with Crippen LogP contribution in [0.5, 0.6) is 0 Å². The maximum absolute atomic E-state index is 13.6. The minimum Gasteiger partial charge on any atom is -0.310 e. The summed E-state index contributed by atoms with van der Waals surface area (Å²) in [6.45, 7) is 2.03. The normalized spacial score (nSPS) is 14.9. The Bertz CT molecular complexity index is 914. The van der Waals surface area contributed by atoms with E-state index >= 15 is 0 Å². The van der Waals surface area contributed by atoms with Crippen LogP contribution in [0.4, 0.5) is 15.8 Å². The first-order valence-electron chi connectivity index (χ1n) is 7.93. The molecule has 132 valence electrons. The van der Waals surface area contributed by atoms with Crippen molar-refractivity contribution in [2.24, 2.45) is 0 Å². The smallest absolute Gasteiger partial charge is 0.250 e. The van der Waals surface area contributed by atoms with E-state index in [9.17, 15) is 17.6 Å². The third kappa shape index (κ3) is 3.37. The van der Waals surface area contributed by atoms with Crippen molar-refractivity contribution < 1.29 is 17.6 Å². The van der Waals surface area contributed by atoms with Crippen LogP contribution in [-0.2, 0) is 21.2 Å². The summed E-state index contributed by atoms with van der Waals surface area (Å²) in [5.41, 5.74) is 1.99. The average Bonchev–Trinajstić information content (AvgIpc) is 2.97. The topological polar surface area (TPSA) is 57.7 Å². The van der Waals surface area contributed by atoms with Gasteiger partial charge in [0.15, 0.2) is 0 Å². The van der Waals surface area contributed by atoms with E-state index in [-0.39, 0.29) is 11.6 Å². The first-order valence-corrected chi connectivity index (χ1v) is 9.78. The second-order valence-corrected chi connectivity index (χ2v) is 7.94. The third-order valence-electron chi connectivity index (χ3n) is 4.28. The van der Waals surface area contributed by atoms with Crippen LogP contribution in [0, 0.1) is 5.82 Å². The van der Waals surface area contributed by atoms with Gasteiger partial charge in [0.25, 0.3) is 5.91 Å². The highest BCUT2D eigenvalue weighted by Gasteiger charge is 2.35. The molecule has 1 atom stereocenters. The molecule has 0 fully saturated rings. The van der Waals surface area contributed by atoms with E-state index in [1.54, 1.807) is 4.90 Å². The number of carbonyl (C=O) groups excluding carboxylic acids is 1. The van der Waals surface area contributed by atoms with Crippen molar-refractivity contribution in [2.75, 3.05) is 22.0 Å². The van der Waals surface area contributed by atoms with Gasteiger partial charge in [-0.25, -0.2) is 12.8 Å². The standard InChI is InChI=1S/C18H19FN2O3S/c1-13(18(22)20-11-10-14-6-3-4-9-17(14)20)21(25(2,23)24)16-8-5-7-15(19)12-16/h3-9,12-13H,10-11H2,1-2H3/t13-/m0/s1. The number of fused-ring (bicyclic) bond motifs is 1. The molecule has 0 aliphatic carbocycles. The Morgan fingerprint density at radius 3 is 2.60 bits per heavy atom. The summed E-state index contributed by atoms with van der Waals surface area (Å²) in [6.07, 6.45) is 1.74. The van der Waals surface area contributed by atoms with Crippen LogP contribution >= 0.6 is 0 Å². The highest BCUT2D eigenvalue weighted by Crippen LogP contribution is 2.30. The minimum atomic E-state index is -3.77. The number of amides is 1. The van der Waals surface area contributed by atoms with Gasteiger partial charge in [0.05, 0.1) is 11.9 Å². The number of anilines is 2. The minimum absolute atomic E-state index is 0.135. The van der Waals surface area contributed by atoms with Crippen molar-refractivity contribution in [3.05, 3.63) is 59.9 Å². The number of para-hydroxylation sites is 1. The van der Waals surface area contributed by atoms with Gasteiger partial charge in [0.2, 0.25) is 10.0 Å².